The number of piperazine rings is 1. The van der Waals surface area contributed by atoms with Crippen LogP contribution in [0.4, 0.5) is 0 Å². The normalized spacial score (nSPS) is 17.6. The summed E-state index contributed by atoms with van der Waals surface area (Å²) >= 11 is 5.97. The van der Waals surface area contributed by atoms with Crippen LogP contribution in [0, 0.1) is 0 Å². The molecule has 0 spiro atoms. The number of rotatable bonds is 3. The van der Waals surface area contributed by atoms with E-state index in [4.69, 9.17) is 11.6 Å². The number of halogens is 1. The van der Waals surface area contributed by atoms with E-state index in [0.717, 1.165) is 4.31 Å². The van der Waals surface area contributed by atoms with Crippen molar-refractivity contribution in [2.45, 2.75) is 24.8 Å². The molecule has 2 heterocycles. The minimum Gasteiger partial charge on any atom is -0.335 e. The molecule has 32 heavy (non-hydrogen) atoms. The van der Waals surface area contributed by atoms with Gasteiger partial charge in [-0.25, -0.2) is 12.7 Å². The average molecular weight is 476 g/mol. The summed E-state index contributed by atoms with van der Waals surface area (Å²) in [6.45, 7) is 4.56. The Labute approximate surface area is 191 Å². The van der Waals surface area contributed by atoms with Gasteiger partial charge in [0, 0.05) is 48.4 Å². The highest BCUT2D eigenvalue weighted by Gasteiger charge is 2.43. The van der Waals surface area contributed by atoms with E-state index < -0.39 is 22.0 Å². The van der Waals surface area contributed by atoms with Crippen molar-refractivity contribution in [3.8, 4) is 0 Å². The van der Waals surface area contributed by atoms with Crippen LogP contribution in [-0.2, 0) is 10.0 Å². The number of carbonyl (C=O) groups excluding carboxylic acids is 3. The summed E-state index contributed by atoms with van der Waals surface area (Å²) in [7, 11) is -3.99. The highest BCUT2D eigenvalue weighted by atomic mass is 35.5. The van der Waals surface area contributed by atoms with Gasteiger partial charge in [-0.05, 0) is 50.2 Å². The molecule has 0 radical (unpaired) electrons. The lowest BCUT2D eigenvalue weighted by atomic mass is 10.1. The molecule has 0 atom stereocenters. The number of hydrogen-bond donors (Lipinski definition) is 0. The van der Waals surface area contributed by atoms with Gasteiger partial charge in [-0.2, -0.15) is 0 Å². The van der Waals surface area contributed by atoms with E-state index in [-0.39, 0.29) is 27.8 Å². The molecule has 10 heteroatoms. The molecule has 1 fully saturated rings. The minimum atomic E-state index is -3.99. The molecule has 0 bridgehead atoms. The van der Waals surface area contributed by atoms with E-state index in [9.17, 15) is 22.8 Å². The van der Waals surface area contributed by atoms with Gasteiger partial charge in [0.25, 0.3) is 27.7 Å². The Hall–Kier alpha value is -2.91. The van der Waals surface area contributed by atoms with Crippen molar-refractivity contribution >= 4 is 39.3 Å². The predicted molar refractivity (Wildman–Crippen MR) is 118 cm³/mol. The van der Waals surface area contributed by atoms with E-state index in [1.807, 2.05) is 0 Å². The van der Waals surface area contributed by atoms with Crippen LogP contribution in [0.25, 0.3) is 0 Å². The summed E-state index contributed by atoms with van der Waals surface area (Å²) in [5, 5.41) is 0.478. The summed E-state index contributed by atoms with van der Waals surface area (Å²) in [5.41, 5.74) is 0.757. The number of benzene rings is 2. The molecule has 0 saturated carbocycles. The molecular weight excluding hydrogens is 454 g/mol. The first-order valence-corrected chi connectivity index (χ1v) is 12.0. The largest absolute Gasteiger partial charge is 0.335 e. The van der Waals surface area contributed by atoms with Crippen LogP contribution < -0.4 is 0 Å². The average Bonchev–Trinajstić information content (AvgIpc) is 2.97. The van der Waals surface area contributed by atoms with Gasteiger partial charge in [0.05, 0.1) is 5.56 Å². The van der Waals surface area contributed by atoms with Gasteiger partial charge in [0.1, 0.15) is 4.90 Å². The van der Waals surface area contributed by atoms with E-state index >= 15 is 0 Å². The van der Waals surface area contributed by atoms with Gasteiger partial charge >= 0.3 is 0 Å². The van der Waals surface area contributed by atoms with Gasteiger partial charge in [0.15, 0.2) is 0 Å². The summed E-state index contributed by atoms with van der Waals surface area (Å²) in [4.78, 5) is 41.3. The van der Waals surface area contributed by atoms with E-state index in [0.29, 0.717) is 36.8 Å². The van der Waals surface area contributed by atoms with Gasteiger partial charge in [0.2, 0.25) is 0 Å². The fourth-order valence-corrected chi connectivity index (χ4v) is 5.97. The number of carbonyl (C=O) groups is 3. The molecule has 4 rings (SSSR count). The lowest BCUT2D eigenvalue weighted by molar-refractivity contribution is 0.0535. The lowest BCUT2D eigenvalue weighted by Gasteiger charge is -2.35. The maximum Gasteiger partial charge on any atom is 0.269 e. The zero-order valence-electron chi connectivity index (χ0n) is 17.6. The smallest absolute Gasteiger partial charge is 0.269 e. The van der Waals surface area contributed by atoms with Gasteiger partial charge in [-0.3, -0.25) is 14.4 Å². The van der Waals surface area contributed by atoms with Crippen LogP contribution in [0.15, 0.2) is 47.4 Å². The Morgan fingerprint density at radius 3 is 2.00 bits per heavy atom. The molecule has 2 aliphatic heterocycles. The van der Waals surface area contributed by atoms with Crippen LogP contribution in [-0.4, -0.2) is 72.5 Å². The zero-order valence-corrected chi connectivity index (χ0v) is 19.2. The van der Waals surface area contributed by atoms with Crippen molar-refractivity contribution in [1.29, 1.82) is 0 Å². The second kappa shape index (κ2) is 8.22. The first kappa shape index (κ1) is 22.3. The molecule has 0 unspecified atom stereocenters. The third-order valence-corrected chi connectivity index (χ3v) is 7.82. The lowest BCUT2D eigenvalue weighted by Crippen LogP contribution is -2.50. The highest BCUT2D eigenvalue weighted by molar-refractivity contribution is 7.90. The second-order valence-corrected chi connectivity index (χ2v) is 10.2. The fraction of sp³-hybridized carbons (Fsp3) is 0.318. The predicted octanol–water partition coefficient (Wildman–Crippen LogP) is 2.49. The van der Waals surface area contributed by atoms with Crippen LogP contribution in [0.3, 0.4) is 0 Å². The van der Waals surface area contributed by atoms with Crippen LogP contribution in [0.5, 0.6) is 0 Å². The fourth-order valence-electron chi connectivity index (χ4n) is 3.99. The minimum absolute atomic E-state index is 0.0761. The van der Waals surface area contributed by atoms with Crippen LogP contribution in [0.1, 0.15) is 44.9 Å². The first-order chi connectivity index (χ1) is 15.1. The van der Waals surface area contributed by atoms with Crippen molar-refractivity contribution in [3.63, 3.8) is 0 Å². The second-order valence-electron chi connectivity index (χ2n) is 8.01. The Morgan fingerprint density at radius 1 is 0.906 bits per heavy atom. The number of nitrogens with zero attached hydrogens (tertiary/aromatic N) is 3. The highest BCUT2D eigenvalue weighted by Crippen LogP contribution is 2.33. The standard InChI is InChI=1S/C22H22ClN3O5S/c1-14(2)26-22(29)18-7-6-16(13-19(18)32(26,30)31)21(28)25-10-8-24(9-11-25)20(27)15-4-3-5-17(23)12-15/h3-7,12-14H,8-11H2,1-2H3. The summed E-state index contributed by atoms with van der Waals surface area (Å²) in [5.74, 6) is -1.08. The van der Waals surface area contributed by atoms with Crippen LogP contribution in [0.2, 0.25) is 5.02 Å². The van der Waals surface area contributed by atoms with Gasteiger partial charge < -0.3 is 9.80 Å². The molecule has 8 nitrogen and oxygen atoms in total. The maximum atomic E-state index is 13.0. The van der Waals surface area contributed by atoms with Gasteiger partial charge in [-0.1, -0.05) is 17.7 Å². The molecule has 1 saturated heterocycles. The number of amides is 3. The Bertz CT molecular complexity index is 1220. The number of hydrogen-bond acceptors (Lipinski definition) is 5. The summed E-state index contributed by atoms with van der Waals surface area (Å²) in [6, 6.07) is 10.3. The maximum absolute atomic E-state index is 13.0. The molecule has 2 aliphatic rings. The number of sulfonamides is 1. The first-order valence-electron chi connectivity index (χ1n) is 10.2. The molecule has 2 aromatic rings. The van der Waals surface area contributed by atoms with E-state index in [2.05, 4.69) is 0 Å². The van der Waals surface area contributed by atoms with Crippen molar-refractivity contribution in [1.82, 2.24) is 14.1 Å². The Kier molecular flexibility index (Phi) is 5.72. The van der Waals surface area contributed by atoms with Gasteiger partial charge in [-0.15, -0.1) is 0 Å². The molecular formula is C22H22ClN3O5S. The molecule has 0 aliphatic carbocycles. The Morgan fingerprint density at radius 2 is 1.47 bits per heavy atom. The summed E-state index contributed by atoms with van der Waals surface area (Å²) < 4.78 is 26.4. The van der Waals surface area contributed by atoms with Crippen LogP contribution >= 0.6 is 11.6 Å². The Balaban J connectivity index is 1.49. The third kappa shape index (κ3) is 3.75. The quantitative estimate of drug-likeness (QED) is 0.679. The summed E-state index contributed by atoms with van der Waals surface area (Å²) in [6.07, 6.45) is 0. The number of fused-ring (bicyclic) bond motifs is 1. The molecule has 0 N–H and O–H groups in total. The zero-order chi connectivity index (χ0) is 23.2. The molecule has 2 aromatic carbocycles. The van der Waals surface area contributed by atoms with Crippen molar-refractivity contribution in [2.75, 3.05) is 26.2 Å². The van der Waals surface area contributed by atoms with E-state index in [1.54, 1.807) is 47.9 Å². The van der Waals surface area contributed by atoms with Crippen molar-refractivity contribution in [2.24, 2.45) is 0 Å². The topological polar surface area (TPSA) is 95.1 Å². The monoisotopic (exact) mass is 475 g/mol. The van der Waals surface area contributed by atoms with E-state index in [1.165, 1.54) is 18.2 Å². The van der Waals surface area contributed by atoms with Crippen molar-refractivity contribution in [3.05, 3.63) is 64.2 Å². The van der Waals surface area contributed by atoms with Crippen molar-refractivity contribution < 1.29 is 22.8 Å². The SMILES string of the molecule is CC(C)N1C(=O)c2ccc(C(=O)N3CCN(C(=O)c4cccc(Cl)c4)CC3)cc2S1(=O)=O. The third-order valence-electron chi connectivity index (χ3n) is 5.59. The molecule has 3 amide bonds. The molecule has 0 aromatic heterocycles. The molecule has 168 valence electrons.